The molecule has 0 aromatic carbocycles. The van der Waals surface area contributed by atoms with Gasteiger partial charge in [-0.2, -0.15) is 13.2 Å². The van der Waals surface area contributed by atoms with E-state index in [0.717, 1.165) is 18.0 Å². The van der Waals surface area contributed by atoms with Gasteiger partial charge in [-0.05, 0) is 24.3 Å². The summed E-state index contributed by atoms with van der Waals surface area (Å²) in [6, 6.07) is 7.94. The van der Waals surface area contributed by atoms with Crippen LogP contribution < -0.4 is 5.32 Å². The van der Waals surface area contributed by atoms with Gasteiger partial charge in [0.15, 0.2) is 0 Å². The van der Waals surface area contributed by atoms with Crippen molar-refractivity contribution in [3.05, 3.63) is 54.0 Å². The molecular formula is C13H12F3N3. The monoisotopic (exact) mass is 267 g/mol. The molecule has 0 spiro atoms. The molecule has 3 nitrogen and oxygen atoms in total. The summed E-state index contributed by atoms with van der Waals surface area (Å²) in [4.78, 5) is 7.87. The Hall–Kier alpha value is -2.11. The van der Waals surface area contributed by atoms with E-state index in [9.17, 15) is 13.2 Å². The highest BCUT2D eigenvalue weighted by Gasteiger charge is 2.30. The Labute approximate surface area is 108 Å². The molecule has 0 bridgehead atoms. The van der Waals surface area contributed by atoms with Gasteiger partial charge in [-0.1, -0.05) is 6.07 Å². The highest BCUT2D eigenvalue weighted by atomic mass is 19.4. The minimum absolute atomic E-state index is 0.420. The molecule has 0 unspecified atom stereocenters. The van der Waals surface area contributed by atoms with E-state index in [4.69, 9.17) is 0 Å². The fourth-order valence-corrected chi connectivity index (χ4v) is 1.53. The molecule has 0 atom stereocenters. The SMILES string of the molecule is FC(F)(F)c1ccc(NCCc2ccccn2)nc1. The third-order valence-electron chi connectivity index (χ3n) is 2.50. The van der Waals surface area contributed by atoms with Crippen LogP contribution in [0.25, 0.3) is 0 Å². The first-order valence-electron chi connectivity index (χ1n) is 5.73. The van der Waals surface area contributed by atoms with Crippen molar-refractivity contribution in [3.63, 3.8) is 0 Å². The molecule has 6 heteroatoms. The van der Waals surface area contributed by atoms with E-state index < -0.39 is 11.7 Å². The van der Waals surface area contributed by atoms with E-state index in [0.29, 0.717) is 18.8 Å². The molecular weight excluding hydrogens is 255 g/mol. The zero-order chi connectivity index (χ0) is 13.7. The first kappa shape index (κ1) is 13.3. The summed E-state index contributed by atoms with van der Waals surface area (Å²) >= 11 is 0. The van der Waals surface area contributed by atoms with Crippen LogP contribution in [0.2, 0.25) is 0 Å². The Bertz CT molecular complexity index is 509. The number of alkyl halides is 3. The molecule has 1 N–H and O–H groups in total. The molecule has 0 saturated heterocycles. The van der Waals surface area contributed by atoms with E-state index in [2.05, 4.69) is 15.3 Å². The molecule has 0 fully saturated rings. The van der Waals surface area contributed by atoms with Crippen molar-refractivity contribution in [2.45, 2.75) is 12.6 Å². The van der Waals surface area contributed by atoms with Crippen molar-refractivity contribution < 1.29 is 13.2 Å². The van der Waals surface area contributed by atoms with Crippen LogP contribution in [0.1, 0.15) is 11.3 Å². The molecule has 2 rings (SSSR count). The summed E-state index contributed by atoms with van der Waals surface area (Å²) in [6.07, 6.45) is -1.14. The molecule has 0 aliphatic carbocycles. The van der Waals surface area contributed by atoms with Crippen LogP contribution in [0.15, 0.2) is 42.7 Å². The van der Waals surface area contributed by atoms with Crippen molar-refractivity contribution in [1.82, 2.24) is 9.97 Å². The van der Waals surface area contributed by atoms with Gasteiger partial charge in [0.25, 0.3) is 0 Å². The molecule has 0 radical (unpaired) electrons. The molecule has 0 saturated carbocycles. The molecule has 19 heavy (non-hydrogen) atoms. The lowest BCUT2D eigenvalue weighted by Gasteiger charge is -2.08. The van der Waals surface area contributed by atoms with Gasteiger partial charge in [0, 0.05) is 31.1 Å². The third-order valence-corrected chi connectivity index (χ3v) is 2.50. The number of aromatic nitrogens is 2. The minimum atomic E-state index is -4.35. The number of halogens is 3. The van der Waals surface area contributed by atoms with Crippen LogP contribution in [0, 0.1) is 0 Å². The van der Waals surface area contributed by atoms with Crippen molar-refractivity contribution in [2.24, 2.45) is 0 Å². The molecule has 0 aliphatic heterocycles. The van der Waals surface area contributed by atoms with Crippen LogP contribution in [0.4, 0.5) is 19.0 Å². The molecule has 100 valence electrons. The van der Waals surface area contributed by atoms with Gasteiger partial charge < -0.3 is 5.32 Å². The Morgan fingerprint density at radius 3 is 2.47 bits per heavy atom. The van der Waals surface area contributed by atoms with Gasteiger partial charge in [-0.25, -0.2) is 4.98 Å². The third kappa shape index (κ3) is 3.94. The zero-order valence-electron chi connectivity index (χ0n) is 9.98. The van der Waals surface area contributed by atoms with E-state index in [1.807, 2.05) is 18.2 Å². The number of anilines is 1. The van der Waals surface area contributed by atoms with Gasteiger partial charge in [0.2, 0.25) is 0 Å². The first-order chi connectivity index (χ1) is 9.05. The van der Waals surface area contributed by atoms with Crippen LogP contribution in [-0.2, 0) is 12.6 Å². The summed E-state index contributed by atoms with van der Waals surface area (Å²) in [7, 11) is 0. The Kier molecular flexibility index (Phi) is 3.99. The summed E-state index contributed by atoms with van der Waals surface area (Å²) in [6.45, 7) is 0.565. The quantitative estimate of drug-likeness (QED) is 0.924. The van der Waals surface area contributed by atoms with E-state index in [1.54, 1.807) is 6.20 Å². The Morgan fingerprint density at radius 1 is 1.05 bits per heavy atom. The Morgan fingerprint density at radius 2 is 1.89 bits per heavy atom. The van der Waals surface area contributed by atoms with Crippen molar-refractivity contribution >= 4 is 5.82 Å². The van der Waals surface area contributed by atoms with Crippen molar-refractivity contribution in [3.8, 4) is 0 Å². The predicted octanol–water partition coefficient (Wildman–Crippen LogP) is 3.15. The van der Waals surface area contributed by atoms with E-state index in [1.165, 1.54) is 6.07 Å². The second kappa shape index (κ2) is 5.69. The zero-order valence-corrected chi connectivity index (χ0v) is 9.98. The summed E-state index contributed by atoms with van der Waals surface area (Å²) < 4.78 is 37.0. The molecule has 2 aromatic heterocycles. The van der Waals surface area contributed by atoms with Gasteiger partial charge in [-0.15, -0.1) is 0 Å². The number of rotatable bonds is 4. The Balaban J connectivity index is 1.87. The predicted molar refractivity (Wildman–Crippen MR) is 65.7 cm³/mol. The standard InChI is InChI=1S/C13H12F3N3/c14-13(15,16)10-4-5-12(19-9-10)18-8-6-11-3-1-2-7-17-11/h1-5,7,9H,6,8H2,(H,18,19). The molecule has 0 aliphatic rings. The fourth-order valence-electron chi connectivity index (χ4n) is 1.53. The number of nitrogens with zero attached hydrogens (tertiary/aromatic N) is 2. The number of hydrogen-bond acceptors (Lipinski definition) is 3. The fraction of sp³-hybridized carbons (Fsp3) is 0.231. The lowest BCUT2D eigenvalue weighted by molar-refractivity contribution is -0.137. The smallest absolute Gasteiger partial charge is 0.370 e. The summed E-state index contributed by atoms with van der Waals surface area (Å²) in [5.74, 6) is 0.420. The van der Waals surface area contributed by atoms with Crippen molar-refractivity contribution in [1.29, 1.82) is 0 Å². The van der Waals surface area contributed by atoms with E-state index >= 15 is 0 Å². The van der Waals surface area contributed by atoms with E-state index in [-0.39, 0.29) is 0 Å². The number of pyridine rings is 2. The molecule has 0 amide bonds. The average molecular weight is 267 g/mol. The second-order valence-corrected chi connectivity index (χ2v) is 3.93. The van der Waals surface area contributed by atoms with Crippen LogP contribution in [-0.4, -0.2) is 16.5 Å². The van der Waals surface area contributed by atoms with Crippen LogP contribution >= 0.6 is 0 Å². The van der Waals surface area contributed by atoms with Gasteiger partial charge in [0.1, 0.15) is 5.82 Å². The molecule has 2 aromatic rings. The highest BCUT2D eigenvalue weighted by Crippen LogP contribution is 2.28. The maximum absolute atomic E-state index is 12.3. The second-order valence-electron chi connectivity index (χ2n) is 3.93. The van der Waals surface area contributed by atoms with Gasteiger partial charge >= 0.3 is 6.18 Å². The topological polar surface area (TPSA) is 37.8 Å². The largest absolute Gasteiger partial charge is 0.417 e. The van der Waals surface area contributed by atoms with Gasteiger partial charge in [0.05, 0.1) is 5.56 Å². The highest BCUT2D eigenvalue weighted by molar-refractivity contribution is 5.36. The lowest BCUT2D eigenvalue weighted by Crippen LogP contribution is -2.09. The maximum Gasteiger partial charge on any atom is 0.417 e. The number of hydrogen-bond donors (Lipinski definition) is 1. The normalized spacial score (nSPS) is 11.3. The lowest BCUT2D eigenvalue weighted by atomic mass is 10.2. The van der Waals surface area contributed by atoms with Crippen molar-refractivity contribution in [2.75, 3.05) is 11.9 Å². The van der Waals surface area contributed by atoms with Crippen LogP contribution in [0.3, 0.4) is 0 Å². The molecule has 2 heterocycles. The first-order valence-corrected chi connectivity index (χ1v) is 5.73. The summed E-state index contributed by atoms with van der Waals surface area (Å²) in [5.41, 5.74) is 0.171. The average Bonchev–Trinajstić information content (AvgIpc) is 2.39. The number of nitrogens with one attached hydrogen (secondary N) is 1. The maximum atomic E-state index is 12.3. The minimum Gasteiger partial charge on any atom is -0.370 e. The summed E-state index contributed by atoms with van der Waals surface area (Å²) in [5, 5.41) is 2.95. The van der Waals surface area contributed by atoms with Crippen LogP contribution in [0.5, 0.6) is 0 Å². The van der Waals surface area contributed by atoms with Gasteiger partial charge in [-0.3, -0.25) is 4.98 Å².